The van der Waals surface area contributed by atoms with Crippen LogP contribution in [0, 0.1) is 0 Å². The number of nitrogens with one attached hydrogen (secondary N) is 1. The van der Waals surface area contributed by atoms with Gasteiger partial charge in [0.15, 0.2) is 0 Å². The Hall–Kier alpha value is -0.610. The summed E-state index contributed by atoms with van der Waals surface area (Å²) in [5.41, 5.74) is 0. The zero-order valence-electron chi connectivity index (χ0n) is 10.8. The minimum absolute atomic E-state index is 0.0908. The molecule has 16 heavy (non-hydrogen) atoms. The van der Waals surface area contributed by atoms with E-state index in [0.717, 1.165) is 26.1 Å². The molecule has 0 aromatic heterocycles. The molecule has 0 radical (unpaired) electrons. The molecule has 0 aromatic rings. The van der Waals surface area contributed by atoms with E-state index in [-0.39, 0.29) is 18.6 Å². The first kappa shape index (κ1) is 15.4. The van der Waals surface area contributed by atoms with E-state index in [1.165, 1.54) is 0 Å². The maximum atomic E-state index is 11.5. The minimum Gasteiger partial charge on any atom is -0.396 e. The number of aliphatic hydroxyl groups is 1. The highest BCUT2D eigenvalue weighted by molar-refractivity contribution is 5.76. The number of aliphatic hydroxyl groups excluding tert-OH is 1. The van der Waals surface area contributed by atoms with Gasteiger partial charge in [0.25, 0.3) is 0 Å². The number of carbonyl (C=O) groups is 1. The maximum absolute atomic E-state index is 11.5. The van der Waals surface area contributed by atoms with Crippen LogP contribution >= 0.6 is 0 Å². The van der Waals surface area contributed by atoms with Gasteiger partial charge in [0.05, 0.1) is 0 Å². The zero-order valence-corrected chi connectivity index (χ0v) is 10.8. The van der Waals surface area contributed by atoms with Crippen LogP contribution in [0.4, 0.5) is 0 Å². The van der Waals surface area contributed by atoms with Crippen molar-refractivity contribution in [3.8, 4) is 0 Å². The van der Waals surface area contributed by atoms with Crippen LogP contribution in [0.1, 0.15) is 40.0 Å². The highest BCUT2D eigenvalue weighted by atomic mass is 16.2. The molecule has 0 saturated heterocycles. The van der Waals surface area contributed by atoms with E-state index in [1.54, 1.807) is 0 Å². The molecule has 1 unspecified atom stereocenters. The van der Waals surface area contributed by atoms with Gasteiger partial charge in [0.2, 0.25) is 5.91 Å². The van der Waals surface area contributed by atoms with E-state index < -0.39 is 0 Å². The molecule has 4 nitrogen and oxygen atoms in total. The Morgan fingerprint density at radius 1 is 1.31 bits per heavy atom. The summed E-state index contributed by atoms with van der Waals surface area (Å²) in [5.74, 6) is 0.0908. The molecule has 0 bridgehead atoms. The van der Waals surface area contributed by atoms with Gasteiger partial charge >= 0.3 is 0 Å². The Balaban J connectivity index is 3.68. The molecule has 1 amide bonds. The molecule has 0 aliphatic rings. The van der Waals surface area contributed by atoms with E-state index in [9.17, 15) is 4.79 Å². The summed E-state index contributed by atoms with van der Waals surface area (Å²) in [7, 11) is 0. The van der Waals surface area contributed by atoms with Gasteiger partial charge in [-0.1, -0.05) is 13.8 Å². The van der Waals surface area contributed by atoms with Gasteiger partial charge in [0, 0.05) is 25.6 Å². The second kappa shape index (κ2) is 9.60. The number of hydrogen-bond acceptors (Lipinski definition) is 3. The van der Waals surface area contributed by atoms with Crippen LogP contribution in [0.3, 0.4) is 0 Å². The molecule has 0 heterocycles. The van der Waals surface area contributed by atoms with Crippen molar-refractivity contribution in [1.29, 1.82) is 0 Å². The molecule has 0 saturated carbocycles. The fourth-order valence-corrected chi connectivity index (χ4v) is 1.66. The highest BCUT2D eigenvalue weighted by Gasteiger charge is 2.09. The van der Waals surface area contributed by atoms with Crippen LogP contribution < -0.4 is 5.32 Å². The van der Waals surface area contributed by atoms with E-state index in [4.69, 9.17) is 5.11 Å². The smallest absolute Gasteiger partial charge is 0.220 e. The van der Waals surface area contributed by atoms with Crippen LogP contribution in [0.2, 0.25) is 0 Å². The fraction of sp³-hybridized carbons (Fsp3) is 0.917. The SMILES string of the molecule is CCN(CC)CC(C)NC(=O)CCCCO. The summed E-state index contributed by atoms with van der Waals surface area (Å²) in [6, 6.07) is 0.196. The number of nitrogens with zero attached hydrogens (tertiary/aromatic N) is 1. The maximum Gasteiger partial charge on any atom is 0.220 e. The normalized spacial score (nSPS) is 12.8. The van der Waals surface area contributed by atoms with Gasteiger partial charge in [0.1, 0.15) is 0 Å². The lowest BCUT2D eigenvalue weighted by molar-refractivity contribution is -0.121. The molecule has 4 heteroatoms. The predicted molar refractivity (Wildman–Crippen MR) is 66.3 cm³/mol. The van der Waals surface area contributed by atoms with Gasteiger partial charge in [-0.05, 0) is 32.9 Å². The molecular weight excluding hydrogens is 204 g/mol. The number of carbonyl (C=O) groups excluding carboxylic acids is 1. The summed E-state index contributed by atoms with van der Waals surface area (Å²) < 4.78 is 0. The summed E-state index contributed by atoms with van der Waals surface area (Å²) >= 11 is 0. The van der Waals surface area contributed by atoms with Crippen LogP contribution in [-0.2, 0) is 4.79 Å². The van der Waals surface area contributed by atoms with Crippen molar-refractivity contribution in [2.45, 2.75) is 46.1 Å². The van der Waals surface area contributed by atoms with Gasteiger partial charge < -0.3 is 15.3 Å². The number of unbranched alkanes of at least 4 members (excludes halogenated alkanes) is 1. The summed E-state index contributed by atoms with van der Waals surface area (Å²) in [5, 5.41) is 11.6. The highest BCUT2D eigenvalue weighted by Crippen LogP contribution is 1.96. The minimum atomic E-state index is 0.0908. The van der Waals surface area contributed by atoms with Crippen LogP contribution in [-0.4, -0.2) is 48.2 Å². The third-order valence-electron chi connectivity index (χ3n) is 2.65. The average molecular weight is 230 g/mol. The molecule has 2 N–H and O–H groups in total. The van der Waals surface area contributed by atoms with E-state index in [2.05, 4.69) is 24.1 Å². The first-order valence-corrected chi connectivity index (χ1v) is 6.26. The quantitative estimate of drug-likeness (QED) is 0.581. The molecule has 0 aliphatic carbocycles. The largest absolute Gasteiger partial charge is 0.396 e. The Morgan fingerprint density at radius 2 is 1.94 bits per heavy atom. The molecule has 0 fully saturated rings. The molecule has 96 valence electrons. The number of rotatable bonds is 9. The van der Waals surface area contributed by atoms with Crippen molar-refractivity contribution in [3.63, 3.8) is 0 Å². The standard InChI is InChI=1S/C12H26N2O2/c1-4-14(5-2)10-11(3)13-12(16)8-6-7-9-15/h11,15H,4-10H2,1-3H3,(H,13,16). The van der Waals surface area contributed by atoms with Crippen molar-refractivity contribution in [1.82, 2.24) is 10.2 Å². The third-order valence-corrected chi connectivity index (χ3v) is 2.65. The van der Waals surface area contributed by atoms with Crippen molar-refractivity contribution in [2.75, 3.05) is 26.2 Å². The van der Waals surface area contributed by atoms with Crippen LogP contribution in [0.5, 0.6) is 0 Å². The Labute approximate surface area is 99.0 Å². The second-order valence-corrected chi connectivity index (χ2v) is 4.14. The third kappa shape index (κ3) is 7.65. The molecule has 0 spiro atoms. The predicted octanol–water partition coefficient (Wildman–Crippen LogP) is 0.995. The fourth-order valence-electron chi connectivity index (χ4n) is 1.66. The zero-order chi connectivity index (χ0) is 12.4. The number of likely N-dealkylation sites (N-methyl/N-ethyl adjacent to an activating group) is 1. The Bertz CT molecular complexity index is 182. The van der Waals surface area contributed by atoms with Gasteiger partial charge in [-0.2, -0.15) is 0 Å². The van der Waals surface area contributed by atoms with E-state index in [1.807, 2.05) is 6.92 Å². The van der Waals surface area contributed by atoms with Crippen molar-refractivity contribution in [3.05, 3.63) is 0 Å². The van der Waals surface area contributed by atoms with Gasteiger partial charge in [-0.15, -0.1) is 0 Å². The lowest BCUT2D eigenvalue weighted by atomic mass is 10.2. The number of hydrogen-bond donors (Lipinski definition) is 2. The van der Waals surface area contributed by atoms with Gasteiger partial charge in [-0.25, -0.2) is 0 Å². The summed E-state index contributed by atoms with van der Waals surface area (Å²) in [6.07, 6.45) is 1.99. The molecule has 0 aliphatic heterocycles. The van der Waals surface area contributed by atoms with Crippen molar-refractivity contribution >= 4 is 5.91 Å². The summed E-state index contributed by atoms with van der Waals surface area (Å²) in [4.78, 5) is 13.8. The number of amides is 1. The molecular formula is C12H26N2O2. The van der Waals surface area contributed by atoms with Crippen LogP contribution in [0.15, 0.2) is 0 Å². The topological polar surface area (TPSA) is 52.6 Å². The van der Waals surface area contributed by atoms with E-state index >= 15 is 0 Å². The summed E-state index contributed by atoms with van der Waals surface area (Å²) in [6.45, 7) is 9.38. The first-order chi connectivity index (χ1) is 7.63. The van der Waals surface area contributed by atoms with Crippen LogP contribution in [0.25, 0.3) is 0 Å². The first-order valence-electron chi connectivity index (χ1n) is 6.26. The lowest BCUT2D eigenvalue weighted by Crippen LogP contribution is -2.41. The second-order valence-electron chi connectivity index (χ2n) is 4.14. The lowest BCUT2D eigenvalue weighted by Gasteiger charge is -2.23. The molecule has 0 aromatic carbocycles. The average Bonchev–Trinajstić information content (AvgIpc) is 2.26. The van der Waals surface area contributed by atoms with Crippen molar-refractivity contribution in [2.24, 2.45) is 0 Å². The van der Waals surface area contributed by atoms with E-state index in [0.29, 0.717) is 12.8 Å². The molecule has 1 atom stereocenters. The Kier molecular flexibility index (Phi) is 9.24. The Morgan fingerprint density at radius 3 is 2.44 bits per heavy atom. The van der Waals surface area contributed by atoms with Gasteiger partial charge in [-0.3, -0.25) is 4.79 Å². The van der Waals surface area contributed by atoms with Crippen molar-refractivity contribution < 1.29 is 9.90 Å². The molecule has 0 rings (SSSR count). The monoisotopic (exact) mass is 230 g/mol.